The van der Waals surface area contributed by atoms with E-state index in [2.05, 4.69) is 4.98 Å². The minimum absolute atomic E-state index is 0.0220. The third-order valence-electron chi connectivity index (χ3n) is 3.01. The Hall–Kier alpha value is -1.83. The number of pyridine rings is 1. The van der Waals surface area contributed by atoms with Crippen LogP contribution in [0.2, 0.25) is 5.15 Å². The van der Waals surface area contributed by atoms with Crippen LogP contribution in [-0.4, -0.2) is 33.5 Å². The predicted molar refractivity (Wildman–Crippen MR) is 62.8 cm³/mol. The third-order valence-corrected chi connectivity index (χ3v) is 3.35. The molecule has 1 fully saturated rings. The maximum atomic E-state index is 12.9. The Kier molecular flexibility index (Phi) is 3.37. The Labute approximate surface area is 116 Å². The summed E-state index contributed by atoms with van der Waals surface area (Å²) in [6, 6.07) is 1.86. The van der Waals surface area contributed by atoms with Crippen LogP contribution in [0.1, 0.15) is 12.5 Å². The van der Waals surface area contributed by atoms with Crippen LogP contribution in [0.4, 0.5) is 18.0 Å². The molecule has 1 saturated heterocycles. The van der Waals surface area contributed by atoms with Gasteiger partial charge < -0.3 is 5.32 Å². The topological polar surface area (TPSA) is 62.3 Å². The van der Waals surface area contributed by atoms with Crippen molar-refractivity contribution in [2.75, 3.05) is 0 Å². The predicted octanol–water partition coefficient (Wildman–Crippen LogP) is 2.11. The number of imide groups is 1. The molecule has 3 amide bonds. The summed E-state index contributed by atoms with van der Waals surface area (Å²) < 4.78 is 38.6. The highest BCUT2D eigenvalue weighted by atomic mass is 35.5. The summed E-state index contributed by atoms with van der Waals surface area (Å²) >= 11 is 5.76. The molecule has 0 aliphatic carbocycles. The molecule has 1 atom stereocenters. The van der Waals surface area contributed by atoms with Gasteiger partial charge in [-0.2, -0.15) is 13.2 Å². The van der Waals surface area contributed by atoms with E-state index in [9.17, 15) is 22.8 Å². The van der Waals surface area contributed by atoms with E-state index in [0.717, 1.165) is 0 Å². The van der Waals surface area contributed by atoms with Crippen LogP contribution in [0.15, 0.2) is 18.3 Å². The lowest BCUT2D eigenvalue weighted by molar-refractivity contribution is -0.191. The maximum absolute atomic E-state index is 12.9. The number of nitrogens with zero attached hydrogens (tertiary/aromatic N) is 2. The second-order valence-corrected chi connectivity index (χ2v) is 4.76. The average molecular weight is 308 g/mol. The number of rotatable bonds is 2. The number of carbonyl (C=O) groups is 2. The first kappa shape index (κ1) is 14.6. The van der Waals surface area contributed by atoms with Gasteiger partial charge in [-0.3, -0.25) is 9.69 Å². The highest BCUT2D eigenvalue weighted by Gasteiger charge is 2.64. The highest BCUT2D eigenvalue weighted by Crippen LogP contribution is 2.35. The van der Waals surface area contributed by atoms with Crippen molar-refractivity contribution in [3.05, 3.63) is 29.0 Å². The van der Waals surface area contributed by atoms with E-state index in [-0.39, 0.29) is 17.3 Å². The number of halogens is 4. The zero-order valence-corrected chi connectivity index (χ0v) is 10.9. The van der Waals surface area contributed by atoms with Gasteiger partial charge >= 0.3 is 12.2 Å². The SMILES string of the molecule is CC1(C(F)(F)F)NC(=O)N(Cc2cccnc2Cl)C1=O. The molecule has 2 heterocycles. The fourth-order valence-corrected chi connectivity index (χ4v) is 1.92. The van der Waals surface area contributed by atoms with Gasteiger partial charge in [0.05, 0.1) is 6.54 Å². The largest absolute Gasteiger partial charge is 0.420 e. The Morgan fingerprint density at radius 2 is 2.10 bits per heavy atom. The first-order valence-corrected chi connectivity index (χ1v) is 5.85. The first-order chi connectivity index (χ1) is 9.17. The summed E-state index contributed by atoms with van der Waals surface area (Å²) in [5.41, 5.74) is -2.64. The summed E-state index contributed by atoms with van der Waals surface area (Å²) in [5, 5.41) is 1.68. The fraction of sp³-hybridized carbons (Fsp3) is 0.364. The van der Waals surface area contributed by atoms with Gasteiger partial charge in [-0.15, -0.1) is 0 Å². The normalized spacial score (nSPS) is 23.1. The molecule has 0 aromatic carbocycles. The number of alkyl halides is 3. The van der Waals surface area contributed by atoms with Crippen molar-refractivity contribution >= 4 is 23.5 Å². The van der Waals surface area contributed by atoms with Gasteiger partial charge in [0, 0.05) is 11.8 Å². The van der Waals surface area contributed by atoms with E-state index in [1.54, 1.807) is 5.32 Å². The third kappa shape index (κ3) is 2.20. The molecule has 0 saturated carbocycles. The van der Waals surface area contributed by atoms with E-state index in [0.29, 0.717) is 11.8 Å². The molecule has 5 nitrogen and oxygen atoms in total. The van der Waals surface area contributed by atoms with E-state index >= 15 is 0 Å². The number of aromatic nitrogens is 1. The van der Waals surface area contributed by atoms with Gasteiger partial charge in [0.2, 0.25) is 5.54 Å². The molecule has 1 N–H and O–H groups in total. The molecule has 0 radical (unpaired) electrons. The Balaban J connectivity index is 2.29. The van der Waals surface area contributed by atoms with Gasteiger partial charge in [0.15, 0.2) is 0 Å². The number of urea groups is 1. The fourth-order valence-electron chi connectivity index (χ4n) is 1.74. The molecular formula is C11H9ClF3N3O2. The first-order valence-electron chi connectivity index (χ1n) is 5.47. The summed E-state index contributed by atoms with van der Waals surface area (Å²) in [4.78, 5) is 27.7. The average Bonchev–Trinajstić information content (AvgIpc) is 2.56. The van der Waals surface area contributed by atoms with Crippen molar-refractivity contribution in [3.8, 4) is 0 Å². The molecule has 2 rings (SSSR count). The molecule has 20 heavy (non-hydrogen) atoms. The van der Waals surface area contributed by atoms with Crippen molar-refractivity contribution < 1.29 is 22.8 Å². The minimum Gasteiger partial charge on any atom is -0.316 e. The lowest BCUT2D eigenvalue weighted by Crippen LogP contribution is -2.56. The second kappa shape index (κ2) is 4.62. The number of carbonyl (C=O) groups excluding carboxylic acids is 2. The van der Waals surface area contributed by atoms with Crippen molar-refractivity contribution in [2.24, 2.45) is 0 Å². The van der Waals surface area contributed by atoms with Crippen LogP contribution in [0.25, 0.3) is 0 Å². The lowest BCUT2D eigenvalue weighted by atomic mass is 10.0. The van der Waals surface area contributed by atoms with Gasteiger partial charge in [-0.1, -0.05) is 17.7 Å². The molecule has 9 heteroatoms. The number of hydrogen-bond donors (Lipinski definition) is 1. The van der Waals surface area contributed by atoms with Crippen molar-refractivity contribution in [2.45, 2.75) is 25.2 Å². The molecule has 1 aliphatic rings. The molecule has 108 valence electrons. The molecule has 1 unspecified atom stereocenters. The van der Waals surface area contributed by atoms with E-state index in [1.807, 2.05) is 0 Å². The summed E-state index contributed by atoms with van der Waals surface area (Å²) in [5.74, 6) is -1.37. The van der Waals surface area contributed by atoms with E-state index in [4.69, 9.17) is 11.6 Å². The zero-order valence-electron chi connectivity index (χ0n) is 10.2. The van der Waals surface area contributed by atoms with Gasteiger partial charge in [0.1, 0.15) is 5.15 Å². The Bertz CT molecular complexity index is 578. The van der Waals surface area contributed by atoms with Crippen LogP contribution in [0.3, 0.4) is 0 Å². The van der Waals surface area contributed by atoms with E-state index in [1.165, 1.54) is 18.3 Å². The summed E-state index contributed by atoms with van der Waals surface area (Å²) in [6.45, 7) is 0.251. The van der Waals surface area contributed by atoms with E-state index < -0.39 is 23.7 Å². The summed E-state index contributed by atoms with van der Waals surface area (Å²) in [7, 11) is 0. The molecule has 1 aliphatic heterocycles. The number of hydrogen-bond acceptors (Lipinski definition) is 3. The standard InChI is InChI=1S/C11H9ClF3N3O2/c1-10(11(13,14)15)8(19)18(9(20)17-10)5-6-3-2-4-16-7(6)12/h2-4H,5H2,1H3,(H,17,20). The summed E-state index contributed by atoms with van der Waals surface area (Å²) in [6.07, 6.45) is -3.50. The van der Waals surface area contributed by atoms with Gasteiger partial charge in [-0.05, 0) is 13.0 Å². The second-order valence-electron chi connectivity index (χ2n) is 4.40. The van der Waals surface area contributed by atoms with Crippen LogP contribution in [0, 0.1) is 0 Å². The number of amides is 3. The van der Waals surface area contributed by atoms with Crippen LogP contribution >= 0.6 is 11.6 Å². The van der Waals surface area contributed by atoms with Crippen molar-refractivity contribution in [1.29, 1.82) is 0 Å². The Morgan fingerprint density at radius 3 is 2.60 bits per heavy atom. The quantitative estimate of drug-likeness (QED) is 0.672. The van der Waals surface area contributed by atoms with Gasteiger partial charge in [-0.25, -0.2) is 9.78 Å². The molecular weight excluding hydrogens is 299 g/mol. The molecule has 1 aromatic rings. The smallest absolute Gasteiger partial charge is 0.316 e. The van der Waals surface area contributed by atoms with Crippen LogP contribution in [-0.2, 0) is 11.3 Å². The molecule has 0 spiro atoms. The lowest BCUT2D eigenvalue weighted by Gasteiger charge is -2.24. The number of nitrogens with one attached hydrogen (secondary N) is 1. The highest BCUT2D eigenvalue weighted by molar-refractivity contribution is 6.30. The van der Waals surface area contributed by atoms with Crippen LogP contribution < -0.4 is 5.32 Å². The minimum atomic E-state index is -4.88. The maximum Gasteiger partial charge on any atom is 0.420 e. The molecule has 1 aromatic heterocycles. The van der Waals surface area contributed by atoms with Gasteiger partial charge in [0.25, 0.3) is 5.91 Å². The van der Waals surface area contributed by atoms with Crippen molar-refractivity contribution in [1.82, 2.24) is 15.2 Å². The molecule has 0 bridgehead atoms. The monoisotopic (exact) mass is 307 g/mol. The van der Waals surface area contributed by atoms with Crippen LogP contribution in [0.5, 0.6) is 0 Å². The Morgan fingerprint density at radius 1 is 1.45 bits per heavy atom. The zero-order chi connectivity index (χ0) is 15.1. The van der Waals surface area contributed by atoms with Crippen molar-refractivity contribution in [3.63, 3.8) is 0 Å².